The number of hydrogen-bond donors (Lipinski definition) is 0. The van der Waals surface area contributed by atoms with Gasteiger partial charge in [-0.2, -0.15) is 0 Å². The zero-order valence-electron chi connectivity index (χ0n) is 12.7. The Labute approximate surface area is 141 Å². The first-order valence-corrected chi connectivity index (χ1v) is 8.08. The van der Waals surface area contributed by atoms with Crippen LogP contribution in [0.2, 0.25) is 0 Å². The van der Waals surface area contributed by atoms with Crippen LogP contribution in [0, 0.1) is 0 Å². The molecule has 0 spiro atoms. The highest BCUT2D eigenvalue weighted by molar-refractivity contribution is 14.1. The van der Waals surface area contributed by atoms with Crippen molar-refractivity contribution >= 4 is 40.5 Å². The number of carbonyl (C=O) groups is 3. The third kappa shape index (κ3) is 5.06. The van der Waals surface area contributed by atoms with Crippen LogP contribution in [0.4, 0.5) is 0 Å². The van der Waals surface area contributed by atoms with E-state index in [1.165, 1.54) is 27.9 Å². The van der Waals surface area contributed by atoms with Crippen LogP contribution < -0.4 is 0 Å². The molecule has 0 aromatic heterocycles. The third-order valence-corrected chi connectivity index (χ3v) is 3.75. The van der Waals surface area contributed by atoms with E-state index in [-0.39, 0.29) is 0 Å². The quantitative estimate of drug-likeness (QED) is 0.271. The monoisotopic (exact) mass is 430 g/mol. The summed E-state index contributed by atoms with van der Waals surface area (Å²) in [5.41, 5.74) is 0. The van der Waals surface area contributed by atoms with Crippen LogP contribution in [-0.4, -0.2) is 60.2 Å². The lowest BCUT2D eigenvalue weighted by molar-refractivity contribution is -0.293. The van der Waals surface area contributed by atoms with E-state index < -0.39 is 48.6 Å². The van der Waals surface area contributed by atoms with Crippen molar-refractivity contribution in [3.8, 4) is 0 Å². The van der Waals surface area contributed by atoms with Crippen molar-refractivity contribution in [3.05, 3.63) is 0 Å². The number of rotatable bonds is 5. The van der Waals surface area contributed by atoms with E-state index in [2.05, 4.69) is 22.6 Å². The van der Waals surface area contributed by atoms with E-state index in [0.29, 0.717) is 4.43 Å². The number of hydrogen-bond acceptors (Lipinski definition) is 8. The van der Waals surface area contributed by atoms with Crippen molar-refractivity contribution in [2.45, 2.75) is 51.5 Å². The Balaban J connectivity index is 3.14. The molecule has 0 N–H and O–H groups in total. The molecule has 0 bridgehead atoms. The minimum absolute atomic E-state index is 0.458. The molecular weight excluding hydrogens is 411 g/mol. The zero-order valence-corrected chi connectivity index (χ0v) is 14.9. The minimum atomic E-state index is -1.03. The predicted octanol–water partition coefficient (Wildman–Crippen LogP) is 0.588. The number of carbonyl (C=O) groups excluding carboxylic acids is 3. The second-order valence-electron chi connectivity index (χ2n) is 4.66. The smallest absolute Gasteiger partial charge is 0.303 e. The summed E-state index contributed by atoms with van der Waals surface area (Å²) in [5.74, 6) is -1.75. The molecule has 126 valence electrons. The Morgan fingerprint density at radius 1 is 0.909 bits per heavy atom. The second-order valence-corrected chi connectivity index (χ2v) is 5.54. The van der Waals surface area contributed by atoms with Crippen molar-refractivity contribution in [3.63, 3.8) is 0 Å². The van der Waals surface area contributed by atoms with Crippen LogP contribution in [0.15, 0.2) is 0 Å². The van der Waals surface area contributed by atoms with Gasteiger partial charge in [0.05, 0.1) is 0 Å². The van der Waals surface area contributed by atoms with Crippen LogP contribution in [0.5, 0.6) is 0 Å². The summed E-state index contributed by atoms with van der Waals surface area (Å²) >= 11 is 2.05. The Hall–Kier alpha value is -0.940. The number of halogens is 1. The molecular formula is C13H19IO8. The minimum Gasteiger partial charge on any atom is -0.456 e. The lowest BCUT2D eigenvalue weighted by atomic mass is 9.99. The van der Waals surface area contributed by atoms with Gasteiger partial charge in [-0.25, -0.2) is 0 Å². The Kier molecular flexibility index (Phi) is 7.49. The van der Waals surface area contributed by atoms with E-state index >= 15 is 0 Å². The molecule has 1 heterocycles. The van der Waals surface area contributed by atoms with Crippen molar-refractivity contribution in [2.24, 2.45) is 0 Å². The maximum Gasteiger partial charge on any atom is 0.303 e. The van der Waals surface area contributed by atoms with Gasteiger partial charge < -0.3 is 23.7 Å². The molecule has 1 fully saturated rings. The fourth-order valence-corrected chi connectivity index (χ4v) is 2.88. The molecule has 0 aromatic rings. The zero-order chi connectivity index (χ0) is 16.9. The normalized spacial score (nSPS) is 31.2. The van der Waals surface area contributed by atoms with Gasteiger partial charge in [0.2, 0.25) is 0 Å². The first kappa shape index (κ1) is 19.1. The summed E-state index contributed by atoms with van der Waals surface area (Å²) in [6.07, 6.45) is -4.43. The lowest BCUT2D eigenvalue weighted by Gasteiger charge is -2.43. The molecule has 1 aliphatic rings. The lowest BCUT2D eigenvalue weighted by Crippen LogP contribution is -2.62. The molecule has 1 saturated heterocycles. The van der Waals surface area contributed by atoms with E-state index in [9.17, 15) is 14.4 Å². The standard InChI is InChI=1S/C13H19IO8/c1-6(15)19-10-9(5-14)22-13(18-4)12(21-8(3)17)11(10)20-7(2)16/h9-13H,5H2,1-4H3/t9-,10-,11-,12-,13-/m1/s1. The summed E-state index contributed by atoms with van der Waals surface area (Å²) in [6.45, 7) is 3.66. The summed E-state index contributed by atoms with van der Waals surface area (Å²) < 4.78 is 26.9. The van der Waals surface area contributed by atoms with Gasteiger partial charge in [0.25, 0.3) is 0 Å². The SMILES string of the molecule is CO[C@@H]1O[C@H](CI)[C@@H](OC(C)=O)[C@@H](OC(C)=O)[C@H]1OC(C)=O. The first-order valence-electron chi connectivity index (χ1n) is 6.56. The Bertz CT molecular complexity index is 396. The van der Waals surface area contributed by atoms with Gasteiger partial charge >= 0.3 is 17.9 Å². The molecule has 5 atom stereocenters. The molecule has 8 nitrogen and oxygen atoms in total. The van der Waals surface area contributed by atoms with Gasteiger partial charge in [-0.05, 0) is 0 Å². The van der Waals surface area contributed by atoms with Gasteiger partial charge in [0.15, 0.2) is 24.6 Å². The van der Waals surface area contributed by atoms with E-state index in [1.54, 1.807) is 0 Å². The number of alkyl halides is 1. The molecule has 0 amide bonds. The van der Waals surface area contributed by atoms with Crippen molar-refractivity contribution in [2.75, 3.05) is 11.5 Å². The third-order valence-electron chi connectivity index (χ3n) is 2.88. The van der Waals surface area contributed by atoms with Gasteiger partial charge in [-0.15, -0.1) is 0 Å². The van der Waals surface area contributed by atoms with Crippen molar-refractivity contribution < 1.29 is 38.1 Å². The molecule has 1 aliphatic heterocycles. The molecule has 0 aromatic carbocycles. The maximum absolute atomic E-state index is 11.4. The summed E-state index contributed by atoms with van der Waals surface area (Å²) in [7, 11) is 1.38. The average Bonchev–Trinajstić information content (AvgIpc) is 2.41. The van der Waals surface area contributed by atoms with Crippen LogP contribution >= 0.6 is 22.6 Å². The summed E-state index contributed by atoms with van der Waals surface area (Å²) in [5, 5.41) is 0. The molecule has 0 radical (unpaired) electrons. The summed E-state index contributed by atoms with van der Waals surface area (Å²) in [4.78, 5) is 34.0. The fraction of sp³-hybridized carbons (Fsp3) is 0.769. The molecule has 0 aliphatic carbocycles. The van der Waals surface area contributed by atoms with E-state index in [1.807, 2.05) is 0 Å². The average molecular weight is 430 g/mol. The van der Waals surface area contributed by atoms with Gasteiger partial charge in [0, 0.05) is 32.3 Å². The molecule has 9 heteroatoms. The highest BCUT2D eigenvalue weighted by atomic mass is 127. The van der Waals surface area contributed by atoms with E-state index in [4.69, 9.17) is 23.7 Å². The Morgan fingerprint density at radius 2 is 1.36 bits per heavy atom. The van der Waals surface area contributed by atoms with Crippen molar-refractivity contribution in [1.29, 1.82) is 0 Å². The fourth-order valence-electron chi connectivity index (χ4n) is 2.17. The van der Waals surface area contributed by atoms with Gasteiger partial charge in [-0.3, -0.25) is 14.4 Å². The topological polar surface area (TPSA) is 97.4 Å². The maximum atomic E-state index is 11.4. The highest BCUT2D eigenvalue weighted by Crippen LogP contribution is 2.30. The summed E-state index contributed by atoms with van der Waals surface area (Å²) in [6, 6.07) is 0. The van der Waals surface area contributed by atoms with Crippen LogP contribution in [0.1, 0.15) is 20.8 Å². The largest absolute Gasteiger partial charge is 0.456 e. The van der Waals surface area contributed by atoms with Gasteiger partial charge in [0.1, 0.15) is 6.10 Å². The number of ether oxygens (including phenoxy) is 5. The predicted molar refractivity (Wildman–Crippen MR) is 81.2 cm³/mol. The van der Waals surface area contributed by atoms with Gasteiger partial charge in [-0.1, -0.05) is 22.6 Å². The van der Waals surface area contributed by atoms with Crippen LogP contribution in [0.3, 0.4) is 0 Å². The molecule has 0 saturated carbocycles. The molecule has 0 unspecified atom stereocenters. The Morgan fingerprint density at radius 3 is 1.77 bits per heavy atom. The van der Waals surface area contributed by atoms with Crippen molar-refractivity contribution in [1.82, 2.24) is 0 Å². The van der Waals surface area contributed by atoms with E-state index in [0.717, 1.165) is 0 Å². The number of esters is 3. The molecule has 22 heavy (non-hydrogen) atoms. The highest BCUT2D eigenvalue weighted by Gasteiger charge is 2.51. The second kappa shape index (κ2) is 8.63. The van der Waals surface area contributed by atoms with Crippen LogP contribution in [0.25, 0.3) is 0 Å². The van der Waals surface area contributed by atoms with Crippen LogP contribution in [-0.2, 0) is 38.1 Å². The first-order chi connectivity index (χ1) is 10.3. The molecule has 1 rings (SSSR count). The number of methoxy groups -OCH3 is 1.